The zero-order valence-corrected chi connectivity index (χ0v) is 17.2. The molecule has 0 spiro atoms. The Labute approximate surface area is 181 Å². The molecule has 166 valence electrons. The molecule has 0 N–H and O–H groups in total. The van der Waals surface area contributed by atoms with Crippen LogP contribution in [0.4, 0.5) is 13.2 Å². The first-order valence-electron chi connectivity index (χ1n) is 10.6. The van der Waals surface area contributed by atoms with E-state index < -0.39 is 12.7 Å². The molecule has 7 nitrogen and oxygen atoms in total. The zero-order valence-electron chi connectivity index (χ0n) is 17.2. The summed E-state index contributed by atoms with van der Waals surface area (Å²) in [5.74, 6) is -0.259. The van der Waals surface area contributed by atoms with Gasteiger partial charge in [-0.25, -0.2) is 4.98 Å². The van der Waals surface area contributed by atoms with E-state index in [2.05, 4.69) is 15.1 Å². The van der Waals surface area contributed by atoms with Crippen LogP contribution in [0.2, 0.25) is 0 Å². The fourth-order valence-corrected chi connectivity index (χ4v) is 4.21. The zero-order chi connectivity index (χ0) is 22.3. The minimum Gasteiger partial charge on any atom is -0.337 e. The summed E-state index contributed by atoms with van der Waals surface area (Å²) in [6.45, 7) is 0.00243. The first kappa shape index (κ1) is 20.5. The number of pyridine rings is 2. The molecule has 0 atom stereocenters. The number of hydrogen-bond donors (Lipinski definition) is 0. The van der Waals surface area contributed by atoms with Crippen LogP contribution in [0.1, 0.15) is 36.2 Å². The number of carbonyl (C=O) groups excluding carboxylic acids is 1. The number of hydrogen-bond acceptors (Lipinski definition) is 4. The van der Waals surface area contributed by atoms with Crippen LogP contribution >= 0.6 is 0 Å². The quantitative estimate of drug-likeness (QED) is 0.474. The molecule has 1 aliphatic rings. The van der Waals surface area contributed by atoms with Gasteiger partial charge in [0.15, 0.2) is 0 Å². The number of alkyl halides is 3. The second kappa shape index (κ2) is 7.92. The van der Waals surface area contributed by atoms with E-state index in [-0.39, 0.29) is 17.1 Å². The van der Waals surface area contributed by atoms with E-state index in [1.54, 1.807) is 27.8 Å². The fraction of sp³-hybridized carbons (Fsp3) is 0.364. The maximum Gasteiger partial charge on any atom is 0.408 e. The molecule has 1 aliphatic heterocycles. The molecule has 4 aromatic rings. The van der Waals surface area contributed by atoms with Crippen molar-refractivity contribution in [1.82, 2.24) is 29.0 Å². The van der Waals surface area contributed by atoms with Gasteiger partial charge in [0.2, 0.25) is 0 Å². The van der Waals surface area contributed by atoms with Crippen molar-refractivity contribution in [2.24, 2.45) is 0 Å². The maximum atomic E-state index is 13.3. The van der Waals surface area contributed by atoms with Gasteiger partial charge in [0.05, 0.1) is 17.4 Å². The molecule has 0 unspecified atom stereocenters. The van der Waals surface area contributed by atoms with Crippen molar-refractivity contribution in [3.63, 3.8) is 0 Å². The van der Waals surface area contributed by atoms with Crippen LogP contribution in [0.25, 0.3) is 27.9 Å². The average molecular weight is 442 g/mol. The van der Waals surface area contributed by atoms with E-state index in [1.165, 1.54) is 12.3 Å². The molecule has 1 fully saturated rings. The van der Waals surface area contributed by atoms with Gasteiger partial charge in [0, 0.05) is 30.9 Å². The Bertz CT molecular complexity index is 1280. The highest BCUT2D eigenvalue weighted by Crippen LogP contribution is 2.31. The molecule has 1 amide bonds. The van der Waals surface area contributed by atoms with Crippen LogP contribution in [-0.4, -0.2) is 54.2 Å². The van der Waals surface area contributed by atoms with Gasteiger partial charge in [-0.05, 0) is 31.0 Å². The van der Waals surface area contributed by atoms with Crippen molar-refractivity contribution in [1.29, 1.82) is 0 Å². The lowest BCUT2D eigenvalue weighted by molar-refractivity contribution is -0.141. The minimum atomic E-state index is -4.46. The van der Waals surface area contributed by atoms with Crippen LogP contribution in [-0.2, 0) is 6.54 Å². The number of halogens is 3. The third-order valence-corrected chi connectivity index (χ3v) is 5.74. The largest absolute Gasteiger partial charge is 0.408 e. The van der Waals surface area contributed by atoms with Crippen molar-refractivity contribution >= 4 is 22.5 Å². The predicted molar refractivity (Wildman–Crippen MR) is 112 cm³/mol. The van der Waals surface area contributed by atoms with Gasteiger partial charge in [-0.3, -0.25) is 18.9 Å². The molecule has 4 aromatic heterocycles. The van der Waals surface area contributed by atoms with Gasteiger partial charge < -0.3 is 4.90 Å². The van der Waals surface area contributed by atoms with Gasteiger partial charge in [-0.1, -0.05) is 18.9 Å². The number of amides is 1. The van der Waals surface area contributed by atoms with E-state index in [4.69, 9.17) is 0 Å². The Morgan fingerprint density at radius 1 is 1.03 bits per heavy atom. The molecule has 32 heavy (non-hydrogen) atoms. The molecule has 10 heteroatoms. The SMILES string of the molecule is O=C(c1cc2c(cn1)c(-c1cnc3ccccn13)nn2CC(F)(F)F)N1CCCCCC1. The molecule has 5 rings (SSSR count). The van der Waals surface area contributed by atoms with Crippen molar-refractivity contribution in [2.75, 3.05) is 13.1 Å². The Morgan fingerprint density at radius 2 is 1.81 bits per heavy atom. The third-order valence-electron chi connectivity index (χ3n) is 5.74. The minimum absolute atomic E-state index is 0.132. The molecule has 0 radical (unpaired) electrons. The second-order valence-electron chi connectivity index (χ2n) is 7.99. The van der Waals surface area contributed by atoms with Crippen LogP contribution in [0.15, 0.2) is 42.9 Å². The number of imidazole rings is 1. The molecule has 0 saturated carbocycles. The highest BCUT2D eigenvalue weighted by molar-refractivity contribution is 5.99. The van der Waals surface area contributed by atoms with Crippen molar-refractivity contribution in [3.8, 4) is 11.4 Å². The van der Waals surface area contributed by atoms with Crippen LogP contribution < -0.4 is 0 Å². The molecular weight excluding hydrogens is 421 g/mol. The van der Waals surface area contributed by atoms with Gasteiger partial charge in [0.25, 0.3) is 5.91 Å². The Kier molecular flexibility index (Phi) is 5.07. The number of likely N-dealkylation sites (tertiary alicyclic amines) is 1. The van der Waals surface area contributed by atoms with E-state index in [1.807, 2.05) is 12.1 Å². The molecule has 0 bridgehead atoms. The normalized spacial score (nSPS) is 15.4. The van der Waals surface area contributed by atoms with E-state index in [0.717, 1.165) is 30.4 Å². The summed E-state index contributed by atoms with van der Waals surface area (Å²) in [5.41, 5.74) is 1.90. The molecule has 5 heterocycles. The number of fused-ring (bicyclic) bond motifs is 2. The number of rotatable bonds is 3. The lowest BCUT2D eigenvalue weighted by Gasteiger charge is -2.19. The summed E-state index contributed by atoms with van der Waals surface area (Å²) in [5, 5.41) is 4.70. The topological polar surface area (TPSA) is 68.3 Å². The summed E-state index contributed by atoms with van der Waals surface area (Å²) in [6.07, 6.45) is 4.29. The van der Waals surface area contributed by atoms with Crippen molar-refractivity contribution < 1.29 is 18.0 Å². The summed E-state index contributed by atoms with van der Waals surface area (Å²) in [7, 11) is 0. The average Bonchev–Trinajstić information content (AvgIpc) is 3.21. The first-order valence-corrected chi connectivity index (χ1v) is 10.6. The third kappa shape index (κ3) is 3.80. The highest BCUT2D eigenvalue weighted by atomic mass is 19.4. The van der Waals surface area contributed by atoms with E-state index >= 15 is 0 Å². The fourth-order valence-electron chi connectivity index (χ4n) is 4.21. The lowest BCUT2D eigenvalue weighted by atomic mass is 10.2. The first-order chi connectivity index (χ1) is 15.4. The van der Waals surface area contributed by atoms with Gasteiger partial charge in [-0.15, -0.1) is 0 Å². The molecular formula is C22H21F3N6O. The van der Waals surface area contributed by atoms with Crippen LogP contribution in [0.3, 0.4) is 0 Å². The van der Waals surface area contributed by atoms with Gasteiger partial charge >= 0.3 is 6.18 Å². The number of carbonyl (C=O) groups is 1. The van der Waals surface area contributed by atoms with Crippen molar-refractivity contribution in [2.45, 2.75) is 38.4 Å². The Hall–Kier alpha value is -3.43. The molecule has 0 aliphatic carbocycles. The smallest absolute Gasteiger partial charge is 0.337 e. The summed E-state index contributed by atoms with van der Waals surface area (Å²) >= 11 is 0. The monoisotopic (exact) mass is 442 g/mol. The Morgan fingerprint density at radius 3 is 2.56 bits per heavy atom. The number of nitrogens with zero attached hydrogens (tertiary/aromatic N) is 6. The van der Waals surface area contributed by atoms with Crippen molar-refractivity contribution in [3.05, 3.63) is 48.5 Å². The van der Waals surface area contributed by atoms with Crippen LogP contribution in [0.5, 0.6) is 0 Å². The standard InChI is InChI=1S/C22H21F3N6O/c23-22(24,25)14-31-17-11-16(21(32)29-8-4-1-2-5-9-29)26-12-15(17)20(28-31)18-13-27-19-7-3-6-10-30(18)19/h3,6-7,10-13H,1-2,4-5,8-9,14H2. The second-order valence-corrected chi connectivity index (χ2v) is 7.99. The van der Waals surface area contributed by atoms with E-state index in [9.17, 15) is 18.0 Å². The Balaban J connectivity index is 1.62. The lowest BCUT2D eigenvalue weighted by Crippen LogP contribution is -2.32. The summed E-state index contributed by atoms with van der Waals surface area (Å²) in [4.78, 5) is 23.4. The van der Waals surface area contributed by atoms with Gasteiger partial charge in [0.1, 0.15) is 23.6 Å². The summed E-state index contributed by atoms with van der Waals surface area (Å²) in [6, 6.07) is 6.86. The molecule has 1 saturated heterocycles. The summed E-state index contributed by atoms with van der Waals surface area (Å²) < 4.78 is 42.6. The van der Waals surface area contributed by atoms with Crippen LogP contribution in [0, 0.1) is 0 Å². The maximum absolute atomic E-state index is 13.3. The molecule has 0 aromatic carbocycles. The van der Waals surface area contributed by atoms with E-state index in [0.29, 0.717) is 35.5 Å². The number of aromatic nitrogens is 5. The van der Waals surface area contributed by atoms with Gasteiger partial charge in [-0.2, -0.15) is 18.3 Å². The predicted octanol–water partition coefficient (Wildman–Crippen LogP) is 4.32. The highest BCUT2D eigenvalue weighted by Gasteiger charge is 2.31.